The van der Waals surface area contributed by atoms with Gasteiger partial charge >= 0.3 is 0 Å². The average Bonchev–Trinajstić information content (AvgIpc) is 2.90. The summed E-state index contributed by atoms with van der Waals surface area (Å²) in [6.07, 6.45) is 2.46. The molecule has 8 heteroatoms. The maximum absolute atomic E-state index is 13.1. The number of carbonyl (C=O) groups is 1. The van der Waals surface area contributed by atoms with Crippen molar-refractivity contribution in [2.45, 2.75) is 13.8 Å². The monoisotopic (exact) mass is 541 g/mol. The van der Waals surface area contributed by atoms with Gasteiger partial charge in [-0.2, -0.15) is 5.10 Å². The van der Waals surface area contributed by atoms with Crippen LogP contribution in [0, 0.1) is 13.8 Å². The van der Waals surface area contributed by atoms with Gasteiger partial charge in [0.05, 0.1) is 33.6 Å². The third-order valence-corrected chi connectivity index (χ3v) is 6.47. The Kier molecular flexibility index (Phi) is 7.09. The minimum absolute atomic E-state index is 0.131. The lowest BCUT2D eigenvalue weighted by Gasteiger charge is -2.10. The van der Waals surface area contributed by atoms with Crippen LogP contribution >= 0.6 is 23.2 Å². The van der Waals surface area contributed by atoms with Crippen molar-refractivity contribution in [3.05, 3.63) is 122 Å². The molecule has 0 aliphatic carbocycles. The largest absolute Gasteiger partial charge is 0.462 e. The maximum atomic E-state index is 13.1. The Balaban J connectivity index is 1.47. The van der Waals surface area contributed by atoms with Crippen molar-refractivity contribution in [1.29, 1.82) is 0 Å². The first kappa shape index (κ1) is 25.4. The second-order valence-electron chi connectivity index (χ2n) is 8.84. The molecule has 188 valence electrons. The smallest absolute Gasteiger partial charge is 0.271 e. The SMILES string of the molecule is Cc1ccc(-c2cc(C(=O)N/N=C/c3coc4c(Cl)cc(Cl)cc4c3=O)cc(-c3ccc(C)cc3)n2)cc1. The van der Waals surface area contributed by atoms with Gasteiger partial charge in [-0.25, -0.2) is 10.4 Å². The molecule has 0 saturated carbocycles. The molecule has 0 aliphatic heterocycles. The number of aromatic nitrogens is 1. The lowest BCUT2D eigenvalue weighted by Crippen LogP contribution is -2.19. The summed E-state index contributed by atoms with van der Waals surface area (Å²) in [6.45, 7) is 4.02. The molecule has 5 rings (SSSR count). The van der Waals surface area contributed by atoms with Crippen LogP contribution in [0.1, 0.15) is 27.0 Å². The number of amides is 1. The van der Waals surface area contributed by atoms with Crippen molar-refractivity contribution in [3.63, 3.8) is 0 Å². The van der Waals surface area contributed by atoms with E-state index in [4.69, 9.17) is 32.6 Å². The fraction of sp³-hybridized carbons (Fsp3) is 0.0667. The second kappa shape index (κ2) is 10.6. The molecule has 6 nitrogen and oxygen atoms in total. The standard InChI is InChI=1S/C30H21Cl2N3O3/c1-17-3-7-19(8-4-17)26-11-21(12-27(34-26)20-9-5-18(2)6-10-20)30(37)35-33-15-22-16-38-29-24(28(22)36)13-23(31)14-25(29)32/h3-16H,1-2H3,(H,35,37)/b33-15+. The van der Waals surface area contributed by atoms with Crippen molar-refractivity contribution < 1.29 is 9.21 Å². The van der Waals surface area contributed by atoms with Crippen LogP contribution in [-0.4, -0.2) is 17.1 Å². The van der Waals surface area contributed by atoms with Crippen LogP contribution in [0.15, 0.2) is 93.4 Å². The van der Waals surface area contributed by atoms with Crippen molar-refractivity contribution in [1.82, 2.24) is 10.4 Å². The number of hydrazone groups is 1. The number of carbonyl (C=O) groups excluding carboxylic acids is 1. The average molecular weight is 542 g/mol. The molecular formula is C30H21Cl2N3O3. The number of rotatable bonds is 5. The highest BCUT2D eigenvalue weighted by Gasteiger charge is 2.13. The van der Waals surface area contributed by atoms with E-state index >= 15 is 0 Å². The van der Waals surface area contributed by atoms with Crippen LogP contribution in [-0.2, 0) is 0 Å². The van der Waals surface area contributed by atoms with E-state index in [2.05, 4.69) is 10.5 Å². The van der Waals surface area contributed by atoms with Crippen LogP contribution < -0.4 is 10.9 Å². The maximum Gasteiger partial charge on any atom is 0.271 e. The van der Waals surface area contributed by atoms with Crippen molar-refractivity contribution in [2.75, 3.05) is 0 Å². The van der Waals surface area contributed by atoms with Crippen molar-refractivity contribution in [2.24, 2.45) is 5.10 Å². The topological polar surface area (TPSA) is 84.6 Å². The Labute approximate surface area is 228 Å². The Bertz CT molecular complexity index is 1700. The molecule has 2 heterocycles. The molecule has 1 N–H and O–H groups in total. The fourth-order valence-corrected chi connectivity index (χ4v) is 4.44. The zero-order chi connectivity index (χ0) is 26.8. The number of pyridine rings is 1. The summed E-state index contributed by atoms with van der Waals surface area (Å²) < 4.78 is 5.49. The van der Waals surface area contributed by atoms with Crippen LogP contribution in [0.4, 0.5) is 0 Å². The zero-order valence-electron chi connectivity index (χ0n) is 20.5. The van der Waals surface area contributed by atoms with Gasteiger partial charge in [0.2, 0.25) is 5.43 Å². The number of nitrogens with one attached hydrogen (secondary N) is 1. The normalized spacial score (nSPS) is 11.3. The molecule has 0 atom stereocenters. The van der Waals surface area contributed by atoms with Crippen LogP contribution in [0.2, 0.25) is 10.0 Å². The summed E-state index contributed by atoms with van der Waals surface area (Å²) in [6, 6.07) is 22.2. The molecule has 38 heavy (non-hydrogen) atoms. The van der Waals surface area contributed by atoms with Crippen LogP contribution in [0.5, 0.6) is 0 Å². The molecule has 0 radical (unpaired) electrons. The molecule has 0 bridgehead atoms. The van der Waals surface area contributed by atoms with Crippen LogP contribution in [0.25, 0.3) is 33.5 Å². The summed E-state index contributed by atoms with van der Waals surface area (Å²) in [5.74, 6) is -0.457. The molecule has 0 saturated heterocycles. The Hall–Kier alpha value is -4.26. The van der Waals surface area contributed by atoms with E-state index in [1.807, 2.05) is 62.4 Å². The van der Waals surface area contributed by atoms with Gasteiger partial charge in [-0.3, -0.25) is 9.59 Å². The number of nitrogens with zero attached hydrogens (tertiary/aromatic N) is 2. The molecule has 0 spiro atoms. The first-order chi connectivity index (χ1) is 18.3. The van der Waals surface area contributed by atoms with Crippen molar-refractivity contribution in [3.8, 4) is 22.5 Å². The molecule has 3 aromatic carbocycles. The van der Waals surface area contributed by atoms with Gasteiger partial charge in [0.15, 0.2) is 5.58 Å². The molecule has 0 aliphatic rings. The fourth-order valence-electron chi connectivity index (χ4n) is 3.90. The molecule has 5 aromatic rings. The number of fused-ring (bicyclic) bond motifs is 1. The first-order valence-electron chi connectivity index (χ1n) is 11.7. The highest BCUT2D eigenvalue weighted by atomic mass is 35.5. The van der Waals surface area contributed by atoms with E-state index in [0.29, 0.717) is 22.0 Å². The number of hydrogen-bond donors (Lipinski definition) is 1. The second-order valence-corrected chi connectivity index (χ2v) is 9.69. The highest BCUT2D eigenvalue weighted by molar-refractivity contribution is 6.38. The van der Waals surface area contributed by atoms with E-state index in [9.17, 15) is 9.59 Å². The quantitative estimate of drug-likeness (QED) is 0.188. The number of benzene rings is 3. The Morgan fingerprint density at radius 1 is 0.895 bits per heavy atom. The van der Waals surface area contributed by atoms with Gasteiger partial charge in [0.25, 0.3) is 5.91 Å². The lowest BCUT2D eigenvalue weighted by atomic mass is 10.0. The molecule has 2 aromatic heterocycles. The lowest BCUT2D eigenvalue weighted by molar-refractivity contribution is 0.0955. The number of hydrogen-bond acceptors (Lipinski definition) is 5. The van der Waals surface area contributed by atoms with Crippen LogP contribution in [0.3, 0.4) is 0 Å². The molecule has 0 fully saturated rings. The number of halogens is 2. The zero-order valence-corrected chi connectivity index (χ0v) is 22.0. The first-order valence-corrected chi connectivity index (χ1v) is 12.4. The molecule has 0 unspecified atom stereocenters. The van der Waals surface area contributed by atoms with E-state index in [1.54, 1.807) is 12.1 Å². The minimum Gasteiger partial charge on any atom is -0.462 e. The van der Waals surface area contributed by atoms with E-state index in [1.165, 1.54) is 24.6 Å². The summed E-state index contributed by atoms with van der Waals surface area (Å²) in [5.41, 5.74) is 8.16. The summed E-state index contributed by atoms with van der Waals surface area (Å²) in [5, 5.41) is 4.75. The predicted octanol–water partition coefficient (Wildman–Crippen LogP) is 7.21. The Morgan fingerprint density at radius 3 is 2.05 bits per heavy atom. The molecular weight excluding hydrogens is 521 g/mol. The predicted molar refractivity (Wildman–Crippen MR) is 152 cm³/mol. The third kappa shape index (κ3) is 5.37. The van der Waals surface area contributed by atoms with Gasteiger partial charge in [-0.15, -0.1) is 0 Å². The molecule has 1 amide bonds. The highest BCUT2D eigenvalue weighted by Crippen LogP contribution is 2.27. The third-order valence-electron chi connectivity index (χ3n) is 5.97. The van der Waals surface area contributed by atoms with E-state index < -0.39 is 5.91 Å². The van der Waals surface area contributed by atoms with Gasteiger partial charge in [0, 0.05) is 21.7 Å². The van der Waals surface area contributed by atoms with Gasteiger partial charge in [-0.1, -0.05) is 82.9 Å². The van der Waals surface area contributed by atoms with Gasteiger partial charge in [-0.05, 0) is 38.1 Å². The van der Waals surface area contributed by atoms with Crippen molar-refractivity contribution >= 4 is 46.3 Å². The summed E-state index contributed by atoms with van der Waals surface area (Å²) in [4.78, 5) is 30.8. The van der Waals surface area contributed by atoms with Gasteiger partial charge in [0.1, 0.15) is 6.26 Å². The minimum atomic E-state index is -0.457. The van der Waals surface area contributed by atoms with Gasteiger partial charge < -0.3 is 4.42 Å². The summed E-state index contributed by atoms with van der Waals surface area (Å²) >= 11 is 12.1. The summed E-state index contributed by atoms with van der Waals surface area (Å²) in [7, 11) is 0. The number of aryl methyl sites for hydroxylation is 2. The Morgan fingerprint density at radius 2 is 1.47 bits per heavy atom. The van der Waals surface area contributed by atoms with E-state index in [-0.39, 0.29) is 27.0 Å². The van der Waals surface area contributed by atoms with E-state index in [0.717, 1.165) is 22.3 Å².